The molecule has 2 heterocycles. The van der Waals surface area contributed by atoms with Crippen LogP contribution in [0.15, 0.2) is 65.4 Å². The minimum Gasteiger partial charge on any atom is -0.459 e. The van der Waals surface area contributed by atoms with Gasteiger partial charge in [-0.15, -0.1) is 0 Å². The van der Waals surface area contributed by atoms with Crippen LogP contribution < -0.4 is 10.6 Å². The number of hydrogen-bond donors (Lipinski definition) is 2. The monoisotopic (exact) mass is 321 g/mol. The maximum absolute atomic E-state index is 11.9. The largest absolute Gasteiger partial charge is 0.459 e. The zero-order valence-corrected chi connectivity index (χ0v) is 12.9. The predicted molar refractivity (Wildman–Crippen MR) is 90.6 cm³/mol. The number of furan rings is 1. The third-order valence-corrected chi connectivity index (χ3v) is 3.33. The lowest BCUT2D eigenvalue weighted by atomic mass is 10.1. The van der Waals surface area contributed by atoms with Crippen molar-refractivity contribution >= 4 is 28.9 Å². The summed E-state index contributed by atoms with van der Waals surface area (Å²) in [6.45, 7) is 1.53. The lowest BCUT2D eigenvalue weighted by molar-refractivity contribution is 0.0993. The van der Waals surface area contributed by atoms with Crippen LogP contribution in [0.3, 0.4) is 0 Å². The van der Waals surface area contributed by atoms with Crippen molar-refractivity contribution in [2.24, 2.45) is 0 Å². The molecule has 24 heavy (non-hydrogen) atoms. The van der Waals surface area contributed by atoms with E-state index < -0.39 is 0 Å². The number of anilines is 3. The Morgan fingerprint density at radius 1 is 1.00 bits per heavy atom. The van der Waals surface area contributed by atoms with Gasteiger partial charge in [0.2, 0.25) is 0 Å². The van der Waals surface area contributed by atoms with Crippen molar-refractivity contribution in [3.63, 3.8) is 0 Å². The molecule has 1 amide bonds. The van der Waals surface area contributed by atoms with E-state index in [0.29, 0.717) is 11.4 Å². The van der Waals surface area contributed by atoms with E-state index >= 15 is 0 Å². The zero-order chi connectivity index (χ0) is 16.9. The van der Waals surface area contributed by atoms with Gasteiger partial charge in [-0.2, -0.15) is 0 Å². The van der Waals surface area contributed by atoms with Gasteiger partial charge in [-0.05, 0) is 55.5 Å². The lowest BCUT2D eigenvalue weighted by Crippen LogP contribution is -2.11. The SMILES string of the molecule is CC(=O)c1ccc(Nc2ccc(NC(=O)c3ccco3)nc2)cc1. The first-order valence-corrected chi connectivity index (χ1v) is 7.31. The van der Waals surface area contributed by atoms with Crippen LogP contribution >= 0.6 is 0 Å². The first-order chi connectivity index (χ1) is 11.6. The summed E-state index contributed by atoms with van der Waals surface area (Å²) < 4.78 is 5.02. The minimum absolute atomic E-state index is 0.0277. The number of nitrogens with zero attached hydrogens (tertiary/aromatic N) is 1. The Bertz CT molecular complexity index is 838. The molecule has 6 nitrogen and oxygen atoms in total. The normalized spacial score (nSPS) is 10.2. The highest BCUT2D eigenvalue weighted by molar-refractivity contribution is 6.01. The first kappa shape index (κ1) is 15.5. The van der Waals surface area contributed by atoms with Gasteiger partial charge in [0.25, 0.3) is 5.91 Å². The van der Waals surface area contributed by atoms with Gasteiger partial charge in [-0.1, -0.05) is 0 Å². The third-order valence-electron chi connectivity index (χ3n) is 3.33. The Balaban J connectivity index is 1.64. The quantitative estimate of drug-likeness (QED) is 0.697. The van der Waals surface area contributed by atoms with Crippen molar-refractivity contribution < 1.29 is 14.0 Å². The molecule has 1 aromatic carbocycles. The molecule has 0 aliphatic heterocycles. The molecule has 2 N–H and O–H groups in total. The van der Waals surface area contributed by atoms with E-state index in [1.807, 2.05) is 12.1 Å². The van der Waals surface area contributed by atoms with Crippen LogP contribution in [-0.4, -0.2) is 16.7 Å². The summed E-state index contributed by atoms with van der Waals surface area (Å²) in [5, 5.41) is 5.82. The molecule has 0 saturated heterocycles. The van der Waals surface area contributed by atoms with Crippen LogP contribution in [-0.2, 0) is 0 Å². The lowest BCUT2D eigenvalue weighted by Gasteiger charge is -2.08. The molecule has 120 valence electrons. The standard InChI is InChI=1S/C18H15N3O3/c1-12(22)13-4-6-14(7-5-13)20-15-8-9-17(19-11-15)21-18(23)16-3-2-10-24-16/h2-11,20H,1H3,(H,19,21,23). The van der Waals surface area contributed by atoms with Gasteiger partial charge in [-0.25, -0.2) is 4.98 Å². The van der Waals surface area contributed by atoms with Crippen LogP contribution in [0, 0.1) is 0 Å². The molecule has 0 atom stereocenters. The molecule has 0 aliphatic carbocycles. The Hall–Kier alpha value is -3.41. The Labute approximate surface area is 138 Å². The van der Waals surface area contributed by atoms with E-state index in [2.05, 4.69) is 15.6 Å². The Kier molecular flexibility index (Phi) is 4.38. The topological polar surface area (TPSA) is 84.2 Å². The van der Waals surface area contributed by atoms with Gasteiger partial charge in [0, 0.05) is 11.3 Å². The fourth-order valence-electron chi connectivity index (χ4n) is 2.08. The molecule has 0 aliphatic rings. The number of amides is 1. The summed E-state index contributed by atoms with van der Waals surface area (Å²) in [6, 6.07) is 13.9. The Morgan fingerprint density at radius 2 is 1.75 bits per heavy atom. The smallest absolute Gasteiger partial charge is 0.292 e. The number of hydrogen-bond acceptors (Lipinski definition) is 5. The minimum atomic E-state index is -0.354. The number of Topliss-reactive ketones (excluding diaryl/α,β-unsaturated/α-hetero) is 1. The highest BCUT2D eigenvalue weighted by Crippen LogP contribution is 2.18. The third kappa shape index (κ3) is 3.67. The van der Waals surface area contributed by atoms with Gasteiger partial charge in [0.1, 0.15) is 5.82 Å². The number of benzene rings is 1. The molecule has 0 saturated carbocycles. The van der Waals surface area contributed by atoms with Crippen molar-refractivity contribution in [3.05, 3.63) is 72.3 Å². The van der Waals surface area contributed by atoms with E-state index in [4.69, 9.17) is 4.42 Å². The van der Waals surface area contributed by atoms with Gasteiger partial charge in [0.15, 0.2) is 11.5 Å². The average Bonchev–Trinajstić information content (AvgIpc) is 3.12. The molecule has 3 rings (SSSR count). The van der Waals surface area contributed by atoms with E-state index in [0.717, 1.165) is 11.4 Å². The number of ketones is 1. The van der Waals surface area contributed by atoms with Crippen molar-refractivity contribution in [3.8, 4) is 0 Å². The van der Waals surface area contributed by atoms with Crippen LogP contribution in [0.2, 0.25) is 0 Å². The second-order valence-electron chi connectivity index (χ2n) is 5.12. The highest BCUT2D eigenvalue weighted by Gasteiger charge is 2.09. The number of rotatable bonds is 5. The maximum Gasteiger partial charge on any atom is 0.292 e. The summed E-state index contributed by atoms with van der Waals surface area (Å²) in [6.07, 6.45) is 3.05. The molecular weight excluding hydrogens is 306 g/mol. The molecule has 3 aromatic rings. The van der Waals surface area contributed by atoms with E-state index in [9.17, 15) is 9.59 Å². The van der Waals surface area contributed by atoms with Crippen LogP contribution in [0.4, 0.5) is 17.2 Å². The maximum atomic E-state index is 11.9. The second-order valence-corrected chi connectivity index (χ2v) is 5.12. The molecule has 6 heteroatoms. The van der Waals surface area contributed by atoms with Crippen molar-refractivity contribution in [1.29, 1.82) is 0 Å². The van der Waals surface area contributed by atoms with Gasteiger partial charge >= 0.3 is 0 Å². The highest BCUT2D eigenvalue weighted by atomic mass is 16.3. The first-order valence-electron chi connectivity index (χ1n) is 7.31. The summed E-state index contributed by atoms with van der Waals surface area (Å²) in [7, 11) is 0. The van der Waals surface area contributed by atoms with Crippen LogP contribution in [0.1, 0.15) is 27.8 Å². The average molecular weight is 321 g/mol. The number of nitrogens with one attached hydrogen (secondary N) is 2. The number of aromatic nitrogens is 1. The van der Waals surface area contributed by atoms with E-state index in [1.54, 1.807) is 42.6 Å². The number of carbonyl (C=O) groups excluding carboxylic acids is 2. The fraction of sp³-hybridized carbons (Fsp3) is 0.0556. The number of carbonyl (C=O) groups is 2. The number of pyridine rings is 1. The van der Waals surface area contributed by atoms with Gasteiger partial charge < -0.3 is 15.1 Å². The molecule has 0 fully saturated rings. The van der Waals surface area contributed by atoms with E-state index in [-0.39, 0.29) is 17.5 Å². The molecule has 0 unspecified atom stereocenters. The molecule has 0 bridgehead atoms. The summed E-state index contributed by atoms with van der Waals surface area (Å²) in [5.74, 6) is 0.325. The fourth-order valence-corrected chi connectivity index (χ4v) is 2.08. The molecular formula is C18H15N3O3. The van der Waals surface area contributed by atoms with Crippen molar-refractivity contribution in [2.45, 2.75) is 6.92 Å². The molecule has 2 aromatic heterocycles. The van der Waals surface area contributed by atoms with Gasteiger partial charge in [0.05, 0.1) is 18.1 Å². The zero-order valence-electron chi connectivity index (χ0n) is 12.9. The van der Waals surface area contributed by atoms with Crippen LogP contribution in [0.5, 0.6) is 0 Å². The van der Waals surface area contributed by atoms with Crippen LogP contribution in [0.25, 0.3) is 0 Å². The summed E-state index contributed by atoms with van der Waals surface area (Å²) in [5.41, 5.74) is 2.27. The van der Waals surface area contributed by atoms with Crippen molar-refractivity contribution in [2.75, 3.05) is 10.6 Å². The van der Waals surface area contributed by atoms with E-state index in [1.165, 1.54) is 13.2 Å². The summed E-state index contributed by atoms with van der Waals surface area (Å²) in [4.78, 5) is 27.3. The molecule has 0 spiro atoms. The summed E-state index contributed by atoms with van der Waals surface area (Å²) >= 11 is 0. The molecule has 0 radical (unpaired) electrons. The van der Waals surface area contributed by atoms with Gasteiger partial charge in [-0.3, -0.25) is 9.59 Å². The second kappa shape index (κ2) is 6.78. The van der Waals surface area contributed by atoms with Crippen molar-refractivity contribution in [1.82, 2.24) is 4.98 Å². The Morgan fingerprint density at radius 3 is 2.33 bits per heavy atom. The predicted octanol–water partition coefficient (Wildman–Crippen LogP) is 3.87.